The Morgan fingerprint density at radius 2 is 2.00 bits per heavy atom. The Balaban J connectivity index is 2.40. The van der Waals surface area contributed by atoms with E-state index in [1.54, 1.807) is 0 Å². The molecule has 0 aliphatic carbocycles. The van der Waals surface area contributed by atoms with Crippen LogP contribution in [-0.2, 0) is 0 Å². The molecule has 0 saturated carbocycles. The van der Waals surface area contributed by atoms with Gasteiger partial charge in [0, 0.05) is 19.9 Å². The first-order valence-electron chi connectivity index (χ1n) is 4.51. The number of halogens is 3. The van der Waals surface area contributed by atoms with E-state index < -0.39 is 11.6 Å². The molecule has 0 unspecified atom stereocenters. The lowest BCUT2D eigenvalue weighted by Gasteiger charge is -2.01. The second-order valence-corrected chi connectivity index (χ2v) is 5.99. The molecule has 86 valence electrons. The lowest BCUT2D eigenvalue weighted by atomic mass is 10.1. The molecule has 3 aromatic rings. The average Bonchev–Trinajstić information content (AvgIpc) is 2.89. The van der Waals surface area contributed by atoms with Gasteiger partial charge in [-0.1, -0.05) is 0 Å². The van der Waals surface area contributed by atoms with E-state index >= 15 is 0 Å². The Kier molecular flexibility index (Phi) is 2.83. The maximum Gasteiger partial charge on any atom is 0.169 e. The van der Waals surface area contributed by atoms with Gasteiger partial charge in [0.25, 0.3) is 0 Å². The summed E-state index contributed by atoms with van der Waals surface area (Å²) in [4.78, 5) is 0.670. The highest BCUT2D eigenvalue weighted by atomic mass is 127. The van der Waals surface area contributed by atoms with Crippen LogP contribution in [0, 0.1) is 15.2 Å². The van der Waals surface area contributed by atoms with Crippen molar-refractivity contribution >= 4 is 56.7 Å². The topological polar surface area (TPSA) is 25.8 Å². The van der Waals surface area contributed by atoms with Crippen LogP contribution >= 0.6 is 45.7 Å². The highest BCUT2D eigenvalue weighted by Gasteiger charge is 2.19. The van der Waals surface area contributed by atoms with E-state index in [1.807, 2.05) is 11.4 Å². The smallest absolute Gasteiger partial charge is 0.169 e. The molecule has 3 rings (SSSR count). The van der Waals surface area contributed by atoms with E-state index in [1.165, 1.54) is 11.3 Å². The van der Waals surface area contributed by atoms with Gasteiger partial charge >= 0.3 is 0 Å². The van der Waals surface area contributed by atoms with Gasteiger partial charge in [0.1, 0.15) is 11.0 Å². The Morgan fingerprint density at radius 3 is 2.71 bits per heavy atom. The van der Waals surface area contributed by atoms with E-state index in [-0.39, 0.29) is 5.56 Å². The van der Waals surface area contributed by atoms with E-state index in [2.05, 4.69) is 31.3 Å². The van der Waals surface area contributed by atoms with Crippen LogP contribution in [0.25, 0.3) is 21.5 Å². The maximum atomic E-state index is 13.9. The molecule has 0 bridgehead atoms. The quantitative estimate of drug-likeness (QED) is 0.589. The molecule has 0 amide bonds. The summed E-state index contributed by atoms with van der Waals surface area (Å²) in [5.74, 6) is -1.74. The van der Waals surface area contributed by atoms with Gasteiger partial charge in [0.05, 0.1) is 17.3 Å². The fourth-order valence-corrected chi connectivity index (χ4v) is 3.78. The predicted octanol–water partition coefficient (Wildman–Crippen LogP) is 4.30. The van der Waals surface area contributed by atoms with Crippen LogP contribution in [0.5, 0.6) is 0 Å². The molecule has 0 spiro atoms. The Labute approximate surface area is 117 Å². The Bertz CT molecular complexity index is 707. The summed E-state index contributed by atoms with van der Waals surface area (Å²) in [5, 5.41) is 1.88. The molecule has 0 saturated heterocycles. The third-order valence-corrected chi connectivity index (χ3v) is 4.79. The number of hydrogen-bond acceptors (Lipinski definition) is 4. The minimum absolute atomic E-state index is 0.210. The highest BCUT2D eigenvalue weighted by molar-refractivity contribution is 14.1. The van der Waals surface area contributed by atoms with Crippen LogP contribution in [-0.4, -0.2) is 8.75 Å². The van der Waals surface area contributed by atoms with Gasteiger partial charge in [-0.25, -0.2) is 8.78 Å². The molecular weight excluding hydrogens is 377 g/mol. The summed E-state index contributed by atoms with van der Waals surface area (Å²) in [6.07, 6.45) is 0. The maximum absolute atomic E-state index is 13.9. The second kappa shape index (κ2) is 4.21. The summed E-state index contributed by atoms with van der Waals surface area (Å²) in [6, 6.07) is 2.89. The summed E-state index contributed by atoms with van der Waals surface area (Å²) >= 11 is 4.45. The third-order valence-electron chi connectivity index (χ3n) is 2.26. The van der Waals surface area contributed by atoms with Crippen molar-refractivity contribution in [2.45, 2.75) is 0 Å². The van der Waals surface area contributed by atoms with Crippen molar-refractivity contribution in [2.75, 3.05) is 0 Å². The van der Waals surface area contributed by atoms with Crippen LogP contribution in [0.4, 0.5) is 8.78 Å². The summed E-state index contributed by atoms with van der Waals surface area (Å²) < 4.78 is 36.3. The first kappa shape index (κ1) is 11.4. The van der Waals surface area contributed by atoms with Gasteiger partial charge in [-0.15, -0.1) is 11.3 Å². The molecule has 0 N–H and O–H groups in total. The van der Waals surface area contributed by atoms with E-state index in [0.717, 1.165) is 21.4 Å². The molecule has 1 aromatic carbocycles. The second-order valence-electron chi connectivity index (χ2n) is 3.31. The van der Waals surface area contributed by atoms with Gasteiger partial charge in [-0.05, 0) is 28.7 Å². The van der Waals surface area contributed by atoms with Crippen LogP contribution in [0.2, 0.25) is 0 Å². The van der Waals surface area contributed by atoms with Crippen LogP contribution in [0.3, 0.4) is 0 Å². The number of fused-ring (bicyclic) bond motifs is 1. The Morgan fingerprint density at radius 1 is 1.18 bits per heavy atom. The summed E-state index contributed by atoms with van der Waals surface area (Å²) in [5.41, 5.74) is 1.03. The predicted molar refractivity (Wildman–Crippen MR) is 73.4 cm³/mol. The molecule has 2 aromatic heterocycles. The lowest BCUT2D eigenvalue weighted by Crippen LogP contribution is -1.90. The van der Waals surface area contributed by atoms with Crippen molar-refractivity contribution in [2.24, 2.45) is 0 Å². The Hall–Kier alpha value is -0.670. The molecule has 2 heterocycles. The van der Waals surface area contributed by atoms with E-state index in [9.17, 15) is 8.78 Å². The first-order chi connectivity index (χ1) is 8.16. The number of benzene rings is 1. The van der Waals surface area contributed by atoms with Crippen molar-refractivity contribution < 1.29 is 8.78 Å². The summed E-state index contributed by atoms with van der Waals surface area (Å²) in [7, 11) is 0. The molecule has 17 heavy (non-hydrogen) atoms. The van der Waals surface area contributed by atoms with Crippen LogP contribution < -0.4 is 0 Å². The molecular formula is C10H3F2IN2S2. The summed E-state index contributed by atoms with van der Waals surface area (Å²) in [6.45, 7) is 0. The van der Waals surface area contributed by atoms with Gasteiger partial charge in [0.15, 0.2) is 11.6 Å². The molecule has 0 fully saturated rings. The van der Waals surface area contributed by atoms with Crippen LogP contribution in [0.1, 0.15) is 0 Å². The zero-order chi connectivity index (χ0) is 12.0. The van der Waals surface area contributed by atoms with E-state index in [0.29, 0.717) is 15.9 Å². The van der Waals surface area contributed by atoms with Crippen molar-refractivity contribution in [3.63, 3.8) is 0 Å². The fraction of sp³-hybridized carbons (Fsp3) is 0. The zero-order valence-electron chi connectivity index (χ0n) is 8.08. The SMILES string of the molecule is Fc1cc2nsnc2c(-c2cc(I)cs2)c1F. The van der Waals surface area contributed by atoms with Crippen molar-refractivity contribution in [3.05, 3.63) is 32.7 Å². The van der Waals surface area contributed by atoms with E-state index in [4.69, 9.17) is 0 Å². The minimum atomic E-state index is -0.886. The van der Waals surface area contributed by atoms with Crippen molar-refractivity contribution in [3.8, 4) is 10.4 Å². The molecule has 2 nitrogen and oxygen atoms in total. The van der Waals surface area contributed by atoms with Gasteiger partial charge in [0.2, 0.25) is 0 Å². The fourth-order valence-electron chi connectivity index (χ4n) is 1.54. The normalized spacial score (nSPS) is 11.2. The average molecular weight is 380 g/mol. The van der Waals surface area contributed by atoms with Gasteiger partial charge in [-0.3, -0.25) is 0 Å². The molecule has 0 atom stereocenters. The zero-order valence-corrected chi connectivity index (χ0v) is 11.9. The van der Waals surface area contributed by atoms with Gasteiger partial charge in [-0.2, -0.15) is 8.75 Å². The standard InChI is InChI=1S/C10H3F2IN2S2/c11-5-2-6-10(15-17-14-6)8(9(5)12)7-1-4(13)3-16-7/h1-3H. The highest BCUT2D eigenvalue weighted by Crippen LogP contribution is 2.36. The van der Waals surface area contributed by atoms with Crippen LogP contribution in [0.15, 0.2) is 17.5 Å². The largest absolute Gasteiger partial charge is 0.204 e. The molecule has 7 heteroatoms. The molecule has 0 radical (unpaired) electrons. The number of aromatic nitrogens is 2. The first-order valence-corrected chi connectivity index (χ1v) is 7.20. The minimum Gasteiger partial charge on any atom is -0.204 e. The monoisotopic (exact) mass is 380 g/mol. The molecule has 0 aliphatic heterocycles. The number of rotatable bonds is 1. The number of nitrogens with zero attached hydrogens (tertiary/aromatic N) is 2. The molecule has 0 aliphatic rings. The lowest BCUT2D eigenvalue weighted by molar-refractivity contribution is 0.513. The van der Waals surface area contributed by atoms with Gasteiger partial charge < -0.3 is 0 Å². The number of hydrogen-bond donors (Lipinski definition) is 0. The van der Waals surface area contributed by atoms with Crippen molar-refractivity contribution in [1.82, 2.24) is 8.75 Å². The third kappa shape index (κ3) is 1.85. The number of thiophene rings is 1. The van der Waals surface area contributed by atoms with Crippen molar-refractivity contribution in [1.29, 1.82) is 0 Å².